The van der Waals surface area contributed by atoms with Gasteiger partial charge in [-0.1, -0.05) is 30.3 Å². The van der Waals surface area contributed by atoms with Crippen molar-refractivity contribution in [2.24, 2.45) is 0 Å². The minimum absolute atomic E-state index is 0.0699. The van der Waals surface area contributed by atoms with Crippen molar-refractivity contribution in [2.75, 3.05) is 18.5 Å². The van der Waals surface area contributed by atoms with Gasteiger partial charge in [-0.05, 0) is 36.8 Å². The fourth-order valence-corrected chi connectivity index (χ4v) is 2.30. The third-order valence-electron chi connectivity index (χ3n) is 3.34. The molecule has 0 saturated carbocycles. The van der Waals surface area contributed by atoms with Crippen LogP contribution in [0.2, 0.25) is 0 Å². The number of anilines is 1. The molecule has 23 heavy (non-hydrogen) atoms. The maximum atomic E-state index is 12.1. The quantitative estimate of drug-likeness (QED) is 0.795. The number of carbonyl (C=O) groups is 2. The summed E-state index contributed by atoms with van der Waals surface area (Å²) < 4.78 is 9.96. The van der Waals surface area contributed by atoms with Crippen LogP contribution in [0.5, 0.6) is 0 Å². The molecule has 5 heteroatoms. The second-order valence-corrected chi connectivity index (χ2v) is 5.02. The maximum Gasteiger partial charge on any atom is 0.329 e. The van der Waals surface area contributed by atoms with Crippen molar-refractivity contribution in [1.82, 2.24) is 0 Å². The van der Waals surface area contributed by atoms with Crippen molar-refractivity contribution in [3.63, 3.8) is 0 Å². The molecule has 2 aromatic rings. The van der Waals surface area contributed by atoms with Gasteiger partial charge in [-0.3, -0.25) is 4.79 Å². The highest BCUT2D eigenvalue weighted by Crippen LogP contribution is 2.20. The van der Waals surface area contributed by atoms with Crippen LogP contribution in [0.4, 0.5) is 5.69 Å². The van der Waals surface area contributed by atoms with Crippen molar-refractivity contribution < 1.29 is 19.1 Å². The van der Waals surface area contributed by atoms with Gasteiger partial charge in [0.25, 0.3) is 0 Å². The number of rotatable bonds is 7. The van der Waals surface area contributed by atoms with Crippen molar-refractivity contribution in [3.8, 4) is 0 Å². The van der Waals surface area contributed by atoms with E-state index < -0.39 is 18.0 Å². The van der Waals surface area contributed by atoms with E-state index in [0.29, 0.717) is 0 Å². The molecule has 0 fully saturated rings. The highest BCUT2D eigenvalue weighted by Gasteiger charge is 2.23. The predicted octanol–water partition coefficient (Wildman–Crippen LogP) is 3.14. The second kappa shape index (κ2) is 8.17. The molecule has 0 amide bonds. The monoisotopic (exact) mass is 315 g/mol. The predicted molar refractivity (Wildman–Crippen MR) is 89.2 cm³/mol. The van der Waals surface area contributed by atoms with E-state index in [9.17, 15) is 9.59 Å². The first-order valence-electron chi connectivity index (χ1n) is 7.71. The topological polar surface area (TPSA) is 64.6 Å². The molecule has 1 unspecified atom stereocenters. The number of carbonyl (C=O) groups excluding carboxylic acids is 2. The van der Waals surface area contributed by atoms with Crippen LogP contribution in [0.3, 0.4) is 0 Å². The first-order valence-corrected chi connectivity index (χ1v) is 7.71. The zero-order valence-electron chi connectivity index (χ0n) is 13.4. The number of hydrogen-bond donors (Lipinski definition) is 1. The van der Waals surface area contributed by atoms with Gasteiger partial charge in [-0.25, -0.2) is 4.79 Å². The molecule has 1 atom stereocenters. The number of hydrogen-bond acceptors (Lipinski definition) is 5. The Labute approximate surface area is 135 Å². The average Bonchev–Trinajstić information content (AvgIpc) is 2.54. The summed E-state index contributed by atoms with van der Waals surface area (Å²) in [4.78, 5) is 23.8. The van der Waals surface area contributed by atoms with Gasteiger partial charge in [0.05, 0.1) is 19.6 Å². The summed E-state index contributed by atoms with van der Waals surface area (Å²) in [6.45, 7) is 4.01. The number of benzene rings is 2. The van der Waals surface area contributed by atoms with Gasteiger partial charge in [0, 0.05) is 5.69 Å². The van der Waals surface area contributed by atoms with Crippen molar-refractivity contribution in [2.45, 2.75) is 26.3 Å². The summed E-state index contributed by atoms with van der Waals surface area (Å²) in [6.07, 6.45) is -0.0699. The minimum atomic E-state index is -0.768. The van der Waals surface area contributed by atoms with Crippen LogP contribution < -0.4 is 5.32 Å². The molecule has 2 aromatic carbocycles. The molecule has 0 aliphatic carbocycles. The zero-order chi connectivity index (χ0) is 16.7. The summed E-state index contributed by atoms with van der Waals surface area (Å²) in [7, 11) is 0. The van der Waals surface area contributed by atoms with E-state index >= 15 is 0 Å². The molecule has 0 spiro atoms. The summed E-state index contributed by atoms with van der Waals surface area (Å²) in [5, 5.41) is 5.23. The summed E-state index contributed by atoms with van der Waals surface area (Å²) in [6, 6.07) is 12.9. The molecule has 5 nitrogen and oxygen atoms in total. The zero-order valence-corrected chi connectivity index (χ0v) is 13.4. The Morgan fingerprint density at radius 2 is 1.70 bits per heavy atom. The van der Waals surface area contributed by atoms with Gasteiger partial charge in [0.2, 0.25) is 0 Å². The molecule has 0 saturated heterocycles. The fraction of sp³-hybridized carbons (Fsp3) is 0.333. The molecule has 0 aromatic heterocycles. The highest BCUT2D eigenvalue weighted by atomic mass is 16.5. The van der Waals surface area contributed by atoms with E-state index in [-0.39, 0.29) is 19.6 Å². The molecule has 0 bridgehead atoms. The average molecular weight is 315 g/mol. The van der Waals surface area contributed by atoms with Crippen LogP contribution in [-0.2, 0) is 19.1 Å². The standard InChI is InChI=1S/C18H21NO4/c1-3-22-17(20)12-16(18(21)23-4-2)19-15-10-9-13-7-5-6-8-14(13)11-15/h5-11,16,19H,3-4,12H2,1-2H3. The van der Waals surface area contributed by atoms with E-state index in [1.807, 2.05) is 42.5 Å². The number of esters is 2. The van der Waals surface area contributed by atoms with E-state index in [0.717, 1.165) is 16.5 Å². The fourth-order valence-electron chi connectivity index (χ4n) is 2.30. The lowest BCUT2D eigenvalue weighted by Crippen LogP contribution is -2.34. The molecule has 0 aliphatic rings. The molecule has 0 aliphatic heterocycles. The Bertz CT molecular complexity index is 684. The molecule has 2 rings (SSSR count). The third-order valence-corrected chi connectivity index (χ3v) is 3.34. The Hall–Kier alpha value is -2.56. The largest absolute Gasteiger partial charge is 0.466 e. The Kier molecular flexibility index (Phi) is 5.97. The van der Waals surface area contributed by atoms with Crippen LogP contribution in [0.1, 0.15) is 20.3 Å². The van der Waals surface area contributed by atoms with Gasteiger partial charge < -0.3 is 14.8 Å². The van der Waals surface area contributed by atoms with Gasteiger partial charge in [-0.2, -0.15) is 0 Å². The van der Waals surface area contributed by atoms with E-state index in [4.69, 9.17) is 9.47 Å². The van der Waals surface area contributed by atoms with Gasteiger partial charge >= 0.3 is 11.9 Å². The molecule has 0 heterocycles. The van der Waals surface area contributed by atoms with E-state index in [2.05, 4.69) is 5.32 Å². The van der Waals surface area contributed by atoms with Crippen LogP contribution >= 0.6 is 0 Å². The lowest BCUT2D eigenvalue weighted by Gasteiger charge is -2.18. The van der Waals surface area contributed by atoms with Crippen LogP contribution in [0, 0.1) is 0 Å². The van der Waals surface area contributed by atoms with Crippen LogP contribution in [-0.4, -0.2) is 31.2 Å². The summed E-state index contributed by atoms with van der Waals surface area (Å²) >= 11 is 0. The summed E-state index contributed by atoms with van der Waals surface area (Å²) in [5.74, 6) is -0.896. The van der Waals surface area contributed by atoms with E-state index in [1.165, 1.54) is 0 Å². The molecular formula is C18H21NO4. The summed E-state index contributed by atoms with van der Waals surface area (Å²) in [5.41, 5.74) is 0.756. The van der Waals surface area contributed by atoms with Crippen LogP contribution in [0.15, 0.2) is 42.5 Å². The second-order valence-electron chi connectivity index (χ2n) is 5.02. The Morgan fingerprint density at radius 1 is 1.00 bits per heavy atom. The molecule has 1 N–H and O–H groups in total. The van der Waals surface area contributed by atoms with Gasteiger partial charge in [0.15, 0.2) is 0 Å². The lowest BCUT2D eigenvalue weighted by atomic mass is 10.1. The SMILES string of the molecule is CCOC(=O)CC(Nc1ccc2ccccc2c1)C(=O)OCC. The Morgan fingerprint density at radius 3 is 2.39 bits per heavy atom. The first kappa shape index (κ1) is 16.8. The van der Waals surface area contributed by atoms with Crippen LogP contribution in [0.25, 0.3) is 10.8 Å². The lowest BCUT2D eigenvalue weighted by molar-refractivity contribution is -0.150. The maximum absolute atomic E-state index is 12.1. The number of nitrogens with one attached hydrogen (secondary N) is 1. The first-order chi connectivity index (χ1) is 11.1. The molecule has 122 valence electrons. The molecular weight excluding hydrogens is 294 g/mol. The number of fused-ring (bicyclic) bond motifs is 1. The van der Waals surface area contributed by atoms with Gasteiger partial charge in [0.1, 0.15) is 6.04 Å². The highest BCUT2D eigenvalue weighted by molar-refractivity contribution is 5.88. The third kappa shape index (κ3) is 4.71. The smallest absolute Gasteiger partial charge is 0.329 e. The van der Waals surface area contributed by atoms with E-state index in [1.54, 1.807) is 13.8 Å². The van der Waals surface area contributed by atoms with Crippen molar-refractivity contribution in [1.29, 1.82) is 0 Å². The molecule has 0 radical (unpaired) electrons. The van der Waals surface area contributed by atoms with Crippen molar-refractivity contribution >= 4 is 28.4 Å². The number of ether oxygens (including phenoxy) is 2. The van der Waals surface area contributed by atoms with Gasteiger partial charge in [-0.15, -0.1) is 0 Å². The minimum Gasteiger partial charge on any atom is -0.466 e. The van der Waals surface area contributed by atoms with Crippen molar-refractivity contribution in [3.05, 3.63) is 42.5 Å². The Balaban J connectivity index is 2.16. The normalized spacial score (nSPS) is 11.7.